The standard InChI is InChI=1S/C19H19BrClNO5S/c1-12-3-4-14(10-17(12)28(24,25)22-5-7-26-8-6-22)19(23)27-18-13(2)9-15(20)11-16(18)21/h3-4,9-11H,5-8H2,1-2H3. The van der Waals surface area contributed by atoms with Crippen molar-refractivity contribution in [3.8, 4) is 5.75 Å². The molecule has 0 amide bonds. The van der Waals surface area contributed by atoms with Gasteiger partial charge in [0.25, 0.3) is 0 Å². The van der Waals surface area contributed by atoms with E-state index >= 15 is 0 Å². The van der Waals surface area contributed by atoms with Crippen LogP contribution in [0.3, 0.4) is 0 Å². The van der Waals surface area contributed by atoms with E-state index in [0.717, 1.165) is 4.47 Å². The number of carbonyl (C=O) groups excluding carboxylic acids is 1. The van der Waals surface area contributed by atoms with Crippen molar-refractivity contribution in [2.24, 2.45) is 0 Å². The summed E-state index contributed by atoms with van der Waals surface area (Å²) in [5.41, 5.74) is 1.37. The Morgan fingerprint density at radius 3 is 2.46 bits per heavy atom. The Bertz CT molecular complexity index is 996. The first-order valence-corrected chi connectivity index (χ1v) is 11.2. The molecule has 0 spiro atoms. The molecule has 150 valence electrons. The van der Waals surface area contributed by atoms with Gasteiger partial charge in [-0.2, -0.15) is 4.31 Å². The Balaban J connectivity index is 1.92. The van der Waals surface area contributed by atoms with Crippen molar-refractivity contribution in [2.75, 3.05) is 26.3 Å². The van der Waals surface area contributed by atoms with Crippen molar-refractivity contribution >= 4 is 43.5 Å². The maximum atomic E-state index is 13.0. The molecule has 0 N–H and O–H groups in total. The third kappa shape index (κ3) is 4.41. The van der Waals surface area contributed by atoms with Gasteiger partial charge in [-0.25, -0.2) is 13.2 Å². The molecule has 1 heterocycles. The lowest BCUT2D eigenvalue weighted by atomic mass is 10.1. The van der Waals surface area contributed by atoms with Gasteiger partial charge in [-0.05, 0) is 49.2 Å². The number of morpholine rings is 1. The summed E-state index contributed by atoms with van der Waals surface area (Å²) in [5, 5.41) is 0.286. The first-order chi connectivity index (χ1) is 13.2. The Morgan fingerprint density at radius 1 is 1.14 bits per heavy atom. The quantitative estimate of drug-likeness (QED) is 0.481. The molecule has 3 rings (SSSR count). The Labute approximate surface area is 177 Å². The van der Waals surface area contributed by atoms with E-state index in [2.05, 4.69) is 15.9 Å². The molecule has 0 bridgehead atoms. The Hall–Kier alpha value is -1.45. The van der Waals surface area contributed by atoms with Gasteiger partial charge in [0.2, 0.25) is 10.0 Å². The largest absolute Gasteiger partial charge is 0.421 e. The molecule has 1 aliphatic heterocycles. The van der Waals surface area contributed by atoms with Gasteiger partial charge in [-0.1, -0.05) is 33.6 Å². The number of halogens is 2. The van der Waals surface area contributed by atoms with Gasteiger partial charge in [-0.15, -0.1) is 0 Å². The van der Waals surface area contributed by atoms with Gasteiger partial charge in [0.05, 0.1) is 28.7 Å². The van der Waals surface area contributed by atoms with Crippen LogP contribution in [0.15, 0.2) is 39.7 Å². The van der Waals surface area contributed by atoms with E-state index in [1.54, 1.807) is 32.0 Å². The topological polar surface area (TPSA) is 72.9 Å². The highest BCUT2D eigenvalue weighted by molar-refractivity contribution is 9.10. The lowest BCUT2D eigenvalue weighted by Gasteiger charge is -2.26. The first kappa shape index (κ1) is 21.3. The number of carbonyl (C=O) groups is 1. The number of sulfonamides is 1. The molecule has 0 atom stereocenters. The van der Waals surface area contributed by atoms with Crippen LogP contribution in [-0.4, -0.2) is 45.0 Å². The van der Waals surface area contributed by atoms with Crippen LogP contribution in [0.25, 0.3) is 0 Å². The van der Waals surface area contributed by atoms with Crippen molar-refractivity contribution in [3.63, 3.8) is 0 Å². The number of benzene rings is 2. The van der Waals surface area contributed by atoms with Crippen molar-refractivity contribution in [3.05, 3.63) is 56.5 Å². The summed E-state index contributed by atoms with van der Waals surface area (Å²) in [6.45, 7) is 4.72. The van der Waals surface area contributed by atoms with Gasteiger partial charge < -0.3 is 9.47 Å². The van der Waals surface area contributed by atoms with Crippen LogP contribution in [0.4, 0.5) is 0 Å². The highest BCUT2D eigenvalue weighted by Gasteiger charge is 2.28. The Kier molecular flexibility index (Phi) is 6.46. The minimum absolute atomic E-state index is 0.0856. The number of aryl methyl sites for hydroxylation is 2. The fraction of sp³-hybridized carbons (Fsp3) is 0.316. The summed E-state index contributed by atoms with van der Waals surface area (Å²) >= 11 is 9.51. The molecule has 1 fully saturated rings. The molecule has 1 saturated heterocycles. The Morgan fingerprint density at radius 2 is 1.82 bits per heavy atom. The van der Waals surface area contributed by atoms with Crippen LogP contribution >= 0.6 is 27.5 Å². The van der Waals surface area contributed by atoms with E-state index in [4.69, 9.17) is 21.1 Å². The van der Waals surface area contributed by atoms with Gasteiger partial charge in [-0.3, -0.25) is 0 Å². The highest BCUT2D eigenvalue weighted by Crippen LogP contribution is 2.33. The van der Waals surface area contributed by atoms with E-state index < -0.39 is 16.0 Å². The average molecular weight is 489 g/mol. The monoisotopic (exact) mass is 487 g/mol. The molecule has 6 nitrogen and oxygen atoms in total. The molecule has 0 aromatic heterocycles. The summed E-state index contributed by atoms with van der Waals surface area (Å²) < 4.78 is 38.8. The fourth-order valence-corrected chi connectivity index (χ4v) is 5.57. The van der Waals surface area contributed by atoms with Crippen LogP contribution in [0, 0.1) is 13.8 Å². The second-order valence-electron chi connectivity index (χ2n) is 6.42. The lowest BCUT2D eigenvalue weighted by Crippen LogP contribution is -2.40. The molecule has 0 radical (unpaired) electrons. The molecular formula is C19H19BrClNO5S. The zero-order valence-corrected chi connectivity index (χ0v) is 18.5. The van der Waals surface area contributed by atoms with Crippen LogP contribution in [0.1, 0.15) is 21.5 Å². The maximum absolute atomic E-state index is 13.0. The number of esters is 1. The molecule has 2 aromatic carbocycles. The lowest BCUT2D eigenvalue weighted by molar-refractivity contribution is 0.0726. The summed E-state index contributed by atoms with van der Waals surface area (Å²) in [7, 11) is -3.73. The van der Waals surface area contributed by atoms with E-state index in [9.17, 15) is 13.2 Å². The van der Waals surface area contributed by atoms with Crippen LogP contribution in [0.5, 0.6) is 5.75 Å². The van der Waals surface area contributed by atoms with Crippen LogP contribution in [-0.2, 0) is 14.8 Å². The second-order valence-corrected chi connectivity index (χ2v) is 9.65. The minimum Gasteiger partial charge on any atom is -0.421 e. The predicted octanol–water partition coefficient (Wildman–Crippen LogP) is 3.96. The molecule has 1 aliphatic rings. The van der Waals surface area contributed by atoms with Crippen molar-refractivity contribution in [1.29, 1.82) is 0 Å². The molecule has 28 heavy (non-hydrogen) atoms. The van der Waals surface area contributed by atoms with E-state index in [1.807, 2.05) is 0 Å². The number of hydrogen-bond acceptors (Lipinski definition) is 5. The number of rotatable bonds is 4. The number of ether oxygens (including phenoxy) is 2. The summed E-state index contributed by atoms with van der Waals surface area (Å²) in [6, 6.07) is 7.89. The van der Waals surface area contributed by atoms with E-state index in [0.29, 0.717) is 24.3 Å². The number of nitrogens with zero attached hydrogens (tertiary/aromatic N) is 1. The molecule has 0 saturated carbocycles. The highest BCUT2D eigenvalue weighted by atomic mass is 79.9. The second kappa shape index (κ2) is 8.51. The maximum Gasteiger partial charge on any atom is 0.343 e. The molecule has 9 heteroatoms. The minimum atomic E-state index is -3.73. The SMILES string of the molecule is Cc1ccc(C(=O)Oc2c(C)cc(Br)cc2Cl)cc1S(=O)(=O)N1CCOCC1. The summed E-state index contributed by atoms with van der Waals surface area (Å²) in [6.07, 6.45) is 0. The molecule has 0 aliphatic carbocycles. The van der Waals surface area contributed by atoms with Crippen molar-refractivity contribution < 1.29 is 22.7 Å². The van der Waals surface area contributed by atoms with Gasteiger partial charge in [0.1, 0.15) is 0 Å². The van der Waals surface area contributed by atoms with Crippen LogP contribution in [0.2, 0.25) is 5.02 Å². The smallest absolute Gasteiger partial charge is 0.343 e. The third-order valence-electron chi connectivity index (χ3n) is 4.40. The molecular weight excluding hydrogens is 470 g/mol. The van der Waals surface area contributed by atoms with E-state index in [-0.39, 0.29) is 34.3 Å². The average Bonchev–Trinajstić information content (AvgIpc) is 2.65. The van der Waals surface area contributed by atoms with Gasteiger partial charge in [0.15, 0.2) is 5.75 Å². The molecule has 0 unspecified atom stereocenters. The van der Waals surface area contributed by atoms with E-state index in [1.165, 1.54) is 16.4 Å². The molecule has 2 aromatic rings. The van der Waals surface area contributed by atoms with Crippen LogP contribution < -0.4 is 4.74 Å². The van der Waals surface area contributed by atoms with Crippen molar-refractivity contribution in [1.82, 2.24) is 4.31 Å². The van der Waals surface area contributed by atoms with Gasteiger partial charge >= 0.3 is 5.97 Å². The van der Waals surface area contributed by atoms with Crippen molar-refractivity contribution in [2.45, 2.75) is 18.7 Å². The van der Waals surface area contributed by atoms with Gasteiger partial charge in [0, 0.05) is 17.6 Å². The fourth-order valence-electron chi connectivity index (χ4n) is 2.90. The zero-order chi connectivity index (χ0) is 20.5. The zero-order valence-electron chi connectivity index (χ0n) is 15.4. The first-order valence-electron chi connectivity index (χ1n) is 8.56. The number of hydrogen-bond donors (Lipinski definition) is 0. The third-order valence-corrected chi connectivity index (χ3v) is 7.18. The predicted molar refractivity (Wildman–Crippen MR) is 110 cm³/mol. The summed E-state index contributed by atoms with van der Waals surface area (Å²) in [4.78, 5) is 12.7. The summed E-state index contributed by atoms with van der Waals surface area (Å²) in [5.74, 6) is -0.432. The normalized spacial score (nSPS) is 15.4.